The zero-order valence-electron chi connectivity index (χ0n) is 14.5. The second-order valence-corrected chi connectivity index (χ2v) is 8.36. The number of sulfonamides is 1. The van der Waals surface area contributed by atoms with Crippen LogP contribution in [-0.2, 0) is 21.2 Å². The van der Waals surface area contributed by atoms with Crippen molar-refractivity contribution in [2.75, 3.05) is 46.5 Å². The molecule has 0 aliphatic carbocycles. The molecular formula is C16H26ClN3O3S. The van der Waals surface area contributed by atoms with E-state index in [0.29, 0.717) is 31.1 Å². The van der Waals surface area contributed by atoms with Crippen molar-refractivity contribution in [2.24, 2.45) is 0 Å². The predicted octanol–water partition coefficient (Wildman–Crippen LogP) is 1.21. The van der Waals surface area contributed by atoms with Gasteiger partial charge in [-0.3, -0.25) is 4.79 Å². The van der Waals surface area contributed by atoms with Gasteiger partial charge in [-0.25, -0.2) is 12.7 Å². The normalized spacial score (nSPS) is 11.9. The first-order valence-electron chi connectivity index (χ1n) is 7.79. The van der Waals surface area contributed by atoms with Crippen molar-refractivity contribution in [3.63, 3.8) is 0 Å². The van der Waals surface area contributed by atoms with Gasteiger partial charge >= 0.3 is 0 Å². The molecule has 0 spiro atoms. The fourth-order valence-electron chi connectivity index (χ4n) is 2.11. The van der Waals surface area contributed by atoms with Gasteiger partial charge in [-0.05, 0) is 38.2 Å². The van der Waals surface area contributed by atoms with Crippen LogP contribution in [0.1, 0.15) is 12.0 Å². The average Bonchev–Trinajstić information content (AvgIpc) is 2.45. The van der Waals surface area contributed by atoms with Crippen molar-refractivity contribution in [1.82, 2.24) is 14.5 Å². The molecule has 24 heavy (non-hydrogen) atoms. The van der Waals surface area contributed by atoms with Crippen molar-refractivity contribution in [3.8, 4) is 0 Å². The summed E-state index contributed by atoms with van der Waals surface area (Å²) in [5.41, 5.74) is 1.05. The molecule has 1 aromatic carbocycles. The number of carbonyl (C=O) groups excluding carboxylic acids is 1. The Labute approximate surface area is 149 Å². The summed E-state index contributed by atoms with van der Waals surface area (Å²) in [5, 5.41) is 3.48. The third-order valence-electron chi connectivity index (χ3n) is 3.48. The number of nitrogens with one attached hydrogen (secondary N) is 1. The number of benzene rings is 1. The Morgan fingerprint density at radius 2 is 1.92 bits per heavy atom. The van der Waals surface area contributed by atoms with Crippen LogP contribution in [0.15, 0.2) is 24.3 Å². The predicted molar refractivity (Wildman–Crippen MR) is 97.8 cm³/mol. The molecule has 0 heterocycles. The van der Waals surface area contributed by atoms with E-state index in [1.165, 1.54) is 10.6 Å². The molecule has 0 aliphatic rings. The van der Waals surface area contributed by atoms with Gasteiger partial charge in [0.05, 0.1) is 6.26 Å². The summed E-state index contributed by atoms with van der Waals surface area (Å²) >= 11 is 5.91. The molecule has 1 rings (SSSR count). The highest BCUT2D eigenvalue weighted by molar-refractivity contribution is 7.88. The lowest BCUT2D eigenvalue weighted by atomic mass is 10.1. The quantitative estimate of drug-likeness (QED) is 0.667. The van der Waals surface area contributed by atoms with Crippen LogP contribution in [0.3, 0.4) is 0 Å². The third-order valence-corrected chi connectivity index (χ3v) is 5.02. The van der Waals surface area contributed by atoms with E-state index >= 15 is 0 Å². The largest absolute Gasteiger partial charge is 0.356 e. The lowest BCUT2D eigenvalue weighted by Gasteiger charge is -2.21. The van der Waals surface area contributed by atoms with Crippen LogP contribution in [-0.4, -0.2) is 70.1 Å². The van der Waals surface area contributed by atoms with Gasteiger partial charge in [0, 0.05) is 37.6 Å². The zero-order valence-corrected chi connectivity index (χ0v) is 16.0. The minimum atomic E-state index is -3.31. The van der Waals surface area contributed by atoms with E-state index in [2.05, 4.69) is 5.32 Å². The van der Waals surface area contributed by atoms with E-state index < -0.39 is 10.0 Å². The molecule has 1 N–H and O–H groups in total. The molecule has 0 unspecified atom stereocenters. The Morgan fingerprint density at radius 3 is 2.50 bits per heavy atom. The summed E-state index contributed by atoms with van der Waals surface area (Å²) in [6.45, 7) is 1.68. The van der Waals surface area contributed by atoms with Crippen molar-refractivity contribution in [2.45, 2.75) is 12.8 Å². The molecule has 0 aromatic heterocycles. The molecule has 0 radical (unpaired) electrons. The molecule has 0 fully saturated rings. The highest BCUT2D eigenvalue weighted by Crippen LogP contribution is 2.10. The molecular weight excluding hydrogens is 350 g/mol. The minimum absolute atomic E-state index is 0.149. The average molecular weight is 376 g/mol. The Kier molecular flexibility index (Phi) is 8.69. The molecule has 6 nitrogen and oxygen atoms in total. The van der Waals surface area contributed by atoms with Crippen molar-refractivity contribution >= 4 is 27.5 Å². The summed E-state index contributed by atoms with van der Waals surface area (Å²) in [6, 6.07) is 7.48. The first-order valence-corrected chi connectivity index (χ1v) is 10.0. The molecule has 1 aromatic rings. The van der Waals surface area contributed by atoms with E-state index in [9.17, 15) is 13.2 Å². The Morgan fingerprint density at radius 1 is 1.21 bits per heavy atom. The van der Waals surface area contributed by atoms with Crippen LogP contribution in [0.5, 0.6) is 0 Å². The smallest absolute Gasteiger partial charge is 0.221 e. The van der Waals surface area contributed by atoms with Gasteiger partial charge < -0.3 is 10.2 Å². The van der Waals surface area contributed by atoms with Crippen LogP contribution in [0.2, 0.25) is 5.02 Å². The lowest BCUT2D eigenvalue weighted by molar-refractivity contribution is -0.121. The topological polar surface area (TPSA) is 69.7 Å². The second-order valence-electron chi connectivity index (χ2n) is 5.95. The van der Waals surface area contributed by atoms with Crippen molar-refractivity contribution in [3.05, 3.63) is 34.9 Å². The number of amides is 1. The monoisotopic (exact) mass is 375 g/mol. The van der Waals surface area contributed by atoms with E-state index in [-0.39, 0.29) is 18.9 Å². The van der Waals surface area contributed by atoms with Gasteiger partial charge in [-0.15, -0.1) is 0 Å². The molecule has 8 heteroatoms. The zero-order chi connectivity index (χ0) is 18.2. The van der Waals surface area contributed by atoms with E-state index in [1.807, 2.05) is 37.2 Å². The molecule has 0 atom stereocenters. The van der Waals surface area contributed by atoms with E-state index in [0.717, 1.165) is 5.56 Å². The van der Waals surface area contributed by atoms with Crippen LogP contribution < -0.4 is 5.32 Å². The fraction of sp³-hybridized carbons (Fsp3) is 0.562. The molecule has 0 bridgehead atoms. The van der Waals surface area contributed by atoms with Gasteiger partial charge in [-0.2, -0.15) is 0 Å². The maximum atomic E-state index is 11.9. The van der Waals surface area contributed by atoms with Gasteiger partial charge in [0.1, 0.15) is 0 Å². The summed E-state index contributed by atoms with van der Waals surface area (Å²) in [5.74, 6) is -0.157. The summed E-state index contributed by atoms with van der Waals surface area (Å²) in [6.07, 6.45) is 2.00. The Bertz CT molecular complexity index is 635. The number of hydrogen-bond acceptors (Lipinski definition) is 4. The molecule has 0 saturated heterocycles. The van der Waals surface area contributed by atoms with Gasteiger partial charge in [0.2, 0.25) is 15.9 Å². The van der Waals surface area contributed by atoms with Crippen molar-refractivity contribution in [1.29, 1.82) is 0 Å². The second kappa shape index (κ2) is 9.98. The molecule has 0 aliphatic heterocycles. The molecule has 136 valence electrons. The summed E-state index contributed by atoms with van der Waals surface area (Å²) < 4.78 is 24.8. The van der Waals surface area contributed by atoms with Crippen LogP contribution >= 0.6 is 11.6 Å². The minimum Gasteiger partial charge on any atom is -0.356 e. The van der Waals surface area contributed by atoms with Crippen molar-refractivity contribution < 1.29 is 13.2 Å². The number of likely N-dealkylation sites (N-methyl/N-ethyl adjacent to an activating group) is 1. The van der Waals surface area contributed by atoms with Crippen LogP contribution in [0.4, 0.5) is 0 Å². The summed E-state index contributed by atoms with van der Waals surface area (Å²) in [4.78, 5) is 13.8. The van der Waals surface area contributed by atoms with E-state index in [1.54, 1.807) is 6.07 Å². The van der Waals surface area contributed by atoms with E-state index in [4.69, 9.17) is 11.6 Å². The highest BCUT2D eigenvalue weighted by Gasteiger charge is 2.17. The van der Waals surface area contributed by atoms with Crippen LogP contribution in [0, 0.1) is 0 Å². The molecule has 0 saturated carbocycles. The van der Waals surface area contributed by atoms with Gasteiger partial charge in [0.15, 0.2) is 0 Å². The number of hydrogen-bond donors (Lipinski definition) is 1. The summed E-state index contributed by atoms with van der Waals surface area (Å²) in [7, 11) is 0.443. The first kappa shape index (κ1) is 20.9. The fourth-order valence-corrected chi connectivity index (χ4v) is 3.16. The molecule has 1 amide bonds. The number of halogens is 1. The maximum absolute atomic E-state index is 11.9. The Balaban J connectivity index is 2.37. The first-order chi connectivity index (χ1) is 11.2. The maximum Gasteiger partial charge on any atom is 0.221 e. The Hall–Kier alpha value is -1.15. The third kappa shape index (κ3) is 8.63. The SMILES string of the molecule is CN(C)CCN(CCC(=O)NCCc1cccc(Cl)c1)S(C)(=O)=O. The van der Waals surface area contributed by atoms with Gasteiger partial charge in [-0.1, -0.05) is 23.7 Å². The number of nitrogens with zero attached hydrogens (tertiary/aromatic N) is 2. The van der Waals surface area contributed by atoms with Gasteiger partial charge in [0.25, 0.3) is 0 Å². The lowest BCUT2D eigenvalue weighted by Crippen LogP contribution is -2.38. The van der Waals surface area contributed by atoms with Crippen LogP contribution in [0.25, 0.3) is 0 Å². The highest BCUT2D eigenvalue weighted by atomic mass is 35.5. The number of rotatable bonds is 10. The standard InChI is InChI=1S/C16H26ClN3O3S/c1-19(2)11-12-20(24(3,22)23)10-8-16(21)18-9-7-14-5-4-6-15(17)13-14/h4-6,13H,7-12H2,1-3H3,(H,18,21). The number of carbonyl (C=O) groups is 1.